The van der Waals surface area contributed by atoms with Gasteiger partial charge in [0.25, 0.3) is 0 Å². The molecule has 4 saturated carbocycles. The van der Waals surface area contributed by atoms with E-state index in [1.54, 1.807) is 0 Å². The summed E-state index contributed by atoms with van der Waals surface area (Å²) in [6, 6.07) is 0. The highest BCUT2D eigenvalue weighted by Crippen LogP contribution is 2.54. The highest BCUT2D eigenvalue weighted by atomic mass is 19.3. The quantitative estimate of drug-likeness (QED) is 0.671. The Hall–Kier alpha value is -0.750. The van der Waals surface area contributed by atoms with E-state index < -0.39 is 23.9 Å². The van der Waals surface area contributed by atoms with Crippen LogP contribution < -0.4 is 5.11 Å². The fourth-order valence-electron chi connectivity index (χ4n) is 5.17. The number of carbonyl (C=O) groups is 1. The minimum atomic E-state index is -4.01. The van der Waals surface area contributed by atoms with Gasteiger partial charge in [0.05, 0.1) is 6.10 Å². The Labute approximate surface area is 135 Å². The third-order valence-electron chi connectivity index (χ3n) is 5.88. The highest BCUT2D eigenvalue weighted by Gasteiger charge is 2.49. The van der Waals surface area contributed by atoms with Crippen molar-refractivity contribution >= 4 is 5.97 Å². The lowest BCUT2D eigenvalue weighted by Crippen LogP contribution is -2.53. The van der Waals surface area contributed by atoms with Crippen LogP contribution in [0, 0.1) is 29.6 Å². The molecule has 0 aromatic carbocycles. The topological polar surface area (TPSA) is 58.6 Å². The fourth-order valence-corrected chi connectivity index (χ4v) is 5.17. The van der Waals surface area contributed by atoms with Crippen molar-refractivity contribution in [1.29, 1.82) is 0 Å². The number of carboxylic acid groups (broad SMARTS) is 1. The standard InChI is InChI=1S/C17H26F2O4/c1-9(2)15(17(18,19)16(20)21)23-8-22-14-12-4-10-3-11(6-12)7-13(14)5-10/h9-15H,3-8H2,1-2H3,(H,20,21)/p-1. The van der Waals surface area contributed by atoms with Gasteiger partial charge in [-0.05, 0) is 61.7 Å². The molecule has 0 N–H and O–H groups in total. The minimum absolute atomic E-state index is 0.0761. The number of hydrogen-bond acceptors (Lipinski definition) is 4. The third kappa shape index (κ3) is 3.25. The first-order valence-corrected chi connectivity index (χ1v) is 8.61. The fraction of sp³-hybridized carbons (Fsp3) is 0.941. The molecule has 1 atom stereocenters. The molecule has 4 aliphatic carbocycles. The molecular weight excluding hydrogens is 306 g/mol. The number of carboxylic acids is 1. The Morgan fingerprint density at radius 1 is 1.13 bits per heavy atom. The first-order chi connectivity index (χ1) is 10.8. The number of carbonyl (C=O) groups excluding carboxylic acids is 1. The van der Waals surface area contributed by atoms with Gasteiger partial charge in [-0.15, -0.1) is 0 Å². The van der Waals surface area contributed by atoms with Crippen LogP contribution in [0.25, 0.3) is 0 Å². The summed E-state index contributed by atoms with van der Waals surface area (Å²) in [5.41, 5.74) is 0. The zero-order chi connectivity index (χ0) is 16.8. The molecule has 0 aromatic heterocycles. The van der Waals surface area contributed by atoms with Gasteiger partial charge in [0, 0.05) is 0 Å². The van der Waals surface area contributed by atoms with Crippen molar-refractivity contribution in [3.8, 4) is 0 Å². The average molecular weight is 331 g/mol. The maximum atomic E-state index is 13.7. The van der Waals surface area contributed by atoms with Gasteiger partial charge in [0.1, 0.15) is 18.9 Å². The Morgan fingerprint density at radius 3 is 2.09 bits per heavy atom. The maximum Gasteiger partial charge on any atom is 0.313 e. The Bertz CT molecular complexity index is 424. The van der Waals surface area contributed by atoms with Crippen molar-refractivity contribution < 1.29 is 28.2 Å². The van der Waals surface area contributed by atoms with Gasteiger partial charge in [0.2, 0.25) is 0 Å². The van der Waals surface area contributed by atoms with Crippen molar-refractivity contribution in [3.63, 3.8) is 0 Å². The van der Waals surface area contributed by atoms with Gasteiger partial charge in [0.15, 0.2) is 0 Å². The predicted octanol–water partition coefficient (Wildman–Crippen LogP) is 2.21. The van der Waals surface area contributed by atoms with Gasteiger partial charge < -0.3 is 19.4 Å². The van der Waals surface area contributed by atoms with Crippen molar-refractivity contribution in [1.82, 2.24) is 0 Å². The van der Waals surface area contributed by atoms with Crippen LogP contribution in [0.5, 0.6) is 0 Å². The lowest BCUT2D eigenvalue weighted by Gasteiger charge is -2.53. The van der Waals surface area contributed by atoms with Crippen LogP contribution in [0.1, 0.15) is 46.0 Å². The monoisotopic (exact) mass is 331 g/mol. The molecule has 4 nitrogen and oxygen atoms in total. The molecule has 0 heterocycles. The van der Waals surface area contributed by atoms with Crippen LogP contribution in [-0.4, -0.2) is 30.9 Å². The summed E-state index contributed by atoms with van der Waals surface area (Å²) in [7, 11) is 0. The second-order valence-corrected chi connectivity index (χ2v) is 7.92. The van der Waals surface area contributed by atoms with E-state index in [0.717, 1.165) is 11.8 Å². The van der Waals surface area contributed by atoms with E-state index in [1.165, 1.54) is 46.0 Å². The molecule has 0 spiro atoms. The van der Waals surface area contributed by atoms with Crippen LogP contribution in [0.2, 0.25) is 0 Å². The summed E-state index contributed by atoms with van der Waals surface area (Å²) >= 11 is 0. The van der Waals surface area contributed by atoms with E-state index in [2.05, 4.69) is 0 Å². The van der Waals surface area contributed by atoms with E-state index in [9.17, 15) is 18.7 Å². The minimum Gasteiger partial charge on any atom is -0.544 e. The lowest BCUT2D eigenvalue weighted by atomic mass is 9.55. The van der Waals surface area contributed by atoms with E-state index in [1.807, 2.05) is 0 Å². The third-order valence-corrected chi connectivity index (χ3v) is 5.88. The largest absolute Gasteiger partial charge is 0.544 e. The maximum absolute atomic E-state index is 13.7. The van der Waals surface area contributed by atoms with E-state index in [-0.39, 0.29) is 12.9 Å². The molecule has 6 heteroatoms. The second kappa shape index (κ2) is 6.28. The molecule has 0 radical (unpaired) electrons. The van der Waals surface area contributed by atoms with Gasteiger partial charge in [-0.25, -0.2) is 0 Å². The summed E-state index contributed by atoms with van der Waals surface area (Å²) in [5, 5.41) is 10.7. The van der Waals surface area contributed by atoms with Crippen LogP contribution in [0.3, 0.4) is 0 Å². The van der Waals surface area contributed by atoms with Crippen molar-refractivity contribution in [2.24, 2.45) is 29.6 Å². The number of halogens is 2. The molecule has 4 aliphatic rings. The molecule has 1 unspecified atom stereocenters. The predicted molar refractivity (Wildman–Crippen MR) is 76.5 cm³/mol. The molecule has 132 valence electrons. The lowest BCUT2D eigenvalue weighted by molar-refractivity contribution is -0.342. The summed E-state index contributed by atoms with van der Waals surface area (Å²) in [6.45, 7) is 2.73. The summed E-state index contributed by atoms with van der Waals surface area (Å²) < 4.78 is 38.3. The molecule has 0 aliphatic heterocycles. The summed E-state index contributed by atoms with van der Waals surface area (Å²) in [5.74, 6) is -4.42. The Balaban J connectivity index is 1.55. The summed E-state index contributed by atoms with van der Waals surface area (Å²) in [4.78, 5) is 10.7. The summed E-state index contributed by atoms with van der Waals surface area (Å²) in [6.07, 6.45) is 4.35. The van der Waals surface area contributed by atoms with Crippen molar-refractivity contribution in [2.45, 2.75) is 64.1 Å². The number of aliphatic carboxylic acids is 1. The van der Waals surface area contributed by atoms with E-state index in [0.29, 0.717) is 11.8 Å². The van der Waals surface area contributed by atoms with E-state index in [4.69, 9.17) is 9.47 Å². The number of hydrogen-bond donors (Lipinski definition) is 0. The number of alkyl halides is 2. The normalized spacial score (nSPS) is 37.3. The van der Waals surface area contributed by atoms with Crippen molar-refractivity contribution in [2.75, 3.05) is 6.79 Å². The zero-order valence-electron chi connectivity index (χ0n) is 13.7. The first-order valence-electron chi connectivity index (χ1n) is 8.61. The SMILES string of the molecule is CC(C)C(OCOC1C2CC3CC(C2)CC1C3)C(F)(F)C(=O)[O-]. The number of rotatable bonds is 7. The van der Waals surface area contributed by atoms with Crippen LogP contribution in [0.4, 0.5) is 8.78 Å². The molecule has 0 amide bonds. The van der Waals surface area contributed by atoms with Gasteiger partial charge in [-0.3, -0.25) is 0 Å². The Kier molecular flexibility index (Phi) is 4.67. The smallest absolute Gasteiger partial charge is 0.313 e. The van der Waals surface area contributed by atoms with Crippen LogP contribution >= 0.6 is 0 Å². The number of ether oxygens (including phenoxy) is 2. The zero-order valence-corrected chi connectivity index (χ0v) is 13.7. The molecular formula is C17H25F2O4-. The molecule has 23 heavy (non-hydrogen) atoms. The average Bonchev–Trinajstić information content (AvgIpc) is 2.44. The van der Waals surface area contributed by atoms with Crippen molar-refractivity contribution in [3.05, 3.63) is 0 Å². The molecule has 0 saturated heterocycles. The molecule has 4 rings (SSSR count). The molecule has 0 aromatic rings. The molecule has 4 bridgehead atoms. The van der Waals surface area contributed by atoms with Gasteiger partial charge in [-0.2, -0.15) is 8.78 Å². The second-order valence-electron chi connectivity index (χ2n) is 7.92. The van der Waals surface area contributed by atoms with Crippen LogP contribution in [0.15, 0.2) is 0 Å². The first kappa shape index (κ1) is 17.1. The van der Waals surface area contributed by atoms with Crippen LogP contribution in [-0.2, 0) is 14.3 Å². The van der Waals surface area contributed by atoms with E-state index >= 15 is 0 Å². The molecule has 4 fully saturated rings. The Morgan fingerprint density at radius 2 is 1.65 bits per heavy atom. The highest BCUT2D eigenvalue weighted by molar-refractivity contribution is 5.73. The van der Waals surface area contributed by atoms with Gasteiger partial charge in [-0.1, -0.05) is 13.8 Å². The van der Waals surface area contributed by atoms with Gasteiger partial charge >= 0.3 is 5.92 Å².